The van der Waals surface area contributed by atoms with Gasteiger partial charge in [-0.05, 0) is 41.8 Å². The smallest absolute Gasteiger partial charge is 0.238 e. The first-order valence-electron chi connectivity index (χ1n) is 10.2. The summed E-state index contributed by atoms with van der Waals surface area (Å²) in [6, 6.07) is 19.6. The van der Waals surface area contributed by atoms with Crippen molar-refractivity contribution in [3.8, 4) is 16.9 Å². The summed E-state index contributed by atoms with van der Waals surface area (Å²) in [7, 11) is -7.39. The van der Waals surface area contributed by atoms with Crippen LogP contribution in [0.3, 0.4) is 0 Å². The van der Waals surface area contributed by atoms with E-state index in [4.69, 9.17) is 21.0 Å². The molecular formula is C23H26N4O5S2. The van der Waals surface area contributed by atoms with Crippen LogP contribution in [0.15, 0.2) is 77.7 Å². The first-order valence-corrected chi connectivity index (χ1v) is 13.6. The summed E-state index contributed by atoms with van der Waals surface area (Å²) < 4.78 is 55.8. The lowest BCUT2D eigenvalue weighted by Crippen LogP contribution is -2.40. The molecule has 3 aromatic rings. The molecule has 6 N–H and O–H groups in total. The maximum Gasteiger partial charge on any atom is 0.238 e. The van der Waals surface area contributed by atoms with Crippen molar-refractivity contribution >= 4 is 25.9 Å². The molecule has 0 amide bonds. The van der Waals surface area contributed by atoms with Crippen molar-refractivity contribution in [2.24, 2.45) is 10.9 Å². The zero-order valence-corrected chi connectivity index (χ0v) is 20.1. The van der Waals surface area contributed by atoms with E-state index in [2.05, 4.69) is 4.72 Å². The van der Waals surface area contributed by atoms with E-state index in [-0.39, 0.29) is 17.3 Å². The number of hydrogen-bond donors (Lipinski definition) is 4. The SMILES string of the molecule is CS(=O)(=O)NC(COc1ccc(-c2ccccc2S(N)(=O)=O)cc1)Cc1cccc(C(=N)N)c1. The minimum atomic E-state index is -3.89. The van der Waals surface area contributed by atoms with Gasteiger partial charge in [-0.2, -0.15) is 0 Å². The maximum absolute atomic E-state index is 11.9. The zero-order valence-electron chi connectivity index (χ0n) is 18.4. The molecule has 0 aliphatic rings. The second-order valence-corrected chi connectivity index (χ2v) is 11.1. The van der Waals surface area contributed by atoms with Crippen molar-refractivity contribution in [2.45, 2.75) is 17.4 Å². The first kappa shape index (κ1) is 25.4. The Morgan fingerprint density at radius 2 is 1.68 bits per heavy atom. The fraction of sp³-hybridized carbons (Fsp3) is 0.174. The summed E-state index contributed by atoms with van der Waals surface area (Å²) in [6.07, 6.45) is 1.40. The van der Waals surface area contributed by atoms with E-state index < -0.39 is 26.1 Å². The lowest BCUT2D eigenvalue weighted by molar-refractivity contribution is 0.278. The first-order chi connectivity index (χ1) is 15.9. The summed E-state index contributed by atoms with van der Waals surface area (Å²) in [6.45, 7) is 0.0461. The van der Waals surface area contributed by atoms with E-state index in [0.717, 1.165) is 11.8 Å². The minimum Gasteiger partial charge on any atom is -0.492 e. The Hall–Kier alpha value is -3.25. The van der Waals surface area contributed by atoms with E-state index in [9.17, 15) is 16.8 Å². The highest BCUT2D eigenvalue weighted by Crippen LogP contribution is 2.28. The third kappa shape index (κ3) is 7.12. The van der Waals surface area contributed by atoms with Gasteiger partial charge in [0.25, 0.3) is 0 Å². The van der Waals surface area contributed by atoms with Crippen molar-refractivity contribution in [2.75, 3.05) is 12.9 Å². The molecule has 0 saturated carbocycles. The normalized spacial score (nSPS) is 12.8. The summed E-state index contributed by atoms with van der Waals surface area (Å²) in [4.78, 5) is 0.0221. The summed E-state index contributed by atoms with van der Waals surface area (Å²) in [5.74, 6) is 0.407. The average molecular weight is 503 g/mol. The highest BCUT2D eigenvalue weighted by atomic mass is 32.2. The molecule has 0 aliphatic carbocycles. The molecule has 0 spiro atoms. The number of benzene rings is 3. The molecular weight excluding hydrogens is 476 g/mol. The third-order valence-corrected chi connectivity index (χ3v) is 6.64. The molecule has 0 aliphatic heterocycles. The molecule has 11 heteroatoms. The van der Waals surface area contributed by atoms with E-state index in [0.29, 0.717) is 28.9 Å². The van der Waals surface area contributed by atoms with Crippen LogP contribution in [-0.4, -0.2) is 41.6 Å². The average Bonchev–Trinajstić information content (AvgIpc) is 2.76. The molecule has 3 rings (SSSR count). The van der Waals surface area contributed by atoms with E-state index in [1.165, 1.54) is 6.07 Å². The fourth-order valence-corrected chi connectivity index (χ4v) is 4.99. The highest BCUT2D eigenvalue weighted by Gasteiger charge is 2.17. The lowest BCUT2D eigenvalue weighted by atomic mass is 10.0. The molecule has 9 nitrogen and oxygen atoms in total. The number of rotatable bonds is 10. The van der Waals surface area contributed by atoms with Gasteiger partial charge < -0.3 is 10.5 Å². The Morgan fingerprint density at radius 3 is 2.29 bits per heavy atom. The van der Waals surface area contributed by atoms with Gasteiger partial charge in [0.15, 0.2) is 0 Å². The minimum absolute atomic E-state index is 0.0221. The van der Waals surface area contributed by atoms with Gasteiger partial charge in [-0.1, -0.05) is 48.5 Å². The number of primary sulfonamides is 1. The number of ether oxygens (including phenoxy) is 1. The fourth-order valence-electron chi connectivity index (χ4n) is 3.47. The quantitative estimate of drug-likeness (QED) is 0.244. The summed E-state index contributed by atoms with van der Waals surface area (Å²) in [5, 5.41) is 12.9. The molecule has 34 heavy (non-hydrogen) atoms. The Labute approximate surface area is 199 Å². The number of sulfonamides is 2. The number of hydrogen-bond acceptors (Lipinski definition) is 6. The van der Waals surface area contributed by atoms with Crippen molar-refractivity contribution in [3.05, 3.63) is 83.9 Å². The van der Waals surface area contributed by atoms with Crippen LogP contribution in [0.25, 0.3) is 11.1 Å². The van der Waals surface area contributed by atoms with E-state index in [1.807, 2.05) is 6.07 Å². The topological polar surface area (TPSA) is 165 Å². The van der Waals surface area contributed by atoms with Gasteiger partial charge in [0.05, 0.1) is 17.2 Å². The van der Waals surface area contributed by atoms with Gasteiger partial charge in [-0.15, -0.1) is 0 Å². The summed E-state index contributed by atoms with van der Waals surface area (Å²) >= 11 is 0. The Kier molecular flexibility index (Phi) is 7.72. The van der Waals surface area contributed by atoms with Crippen molar-refractivity contribution < 1.29 is 21.6 Å². The van der Waals surface area contributed by atoms with Crippen LogP contribution in [-0.2, 0) is 26.5 Å². The highest BCUT2D eigenvalue weighted by molar-refractivity contribution is 7.89. The molecule has 1 atom stereocenters. The van der Waals surface area contributed by atoms with Gasteiger partial charge in [0.2, 0.25) is 20.0 Å². The standard InChI is InChI=1S/C23H26N4O5S2/c1-33(28,29)27-19(14-16-5-4-6-18(13-16)23(24)25)15-32-20-11-9-17(10-12-20)21-7-2-3-8-22(21)34(26,30)31/h2-13,19,27H,14-15H2,1H3,(H3,24,25)(H2,26,30,31). The van der Waals surface area contributed by atoms with Crippen LogP contribution < -0.4 is 20.3 Å². The van der Waals surface area contributed by atoms with Crippen LogP contribution >= 0.6 is 0 Å². The maximum atomic E-state index is 11.9. The van der Waals surface area contributed by atoms with Gasteiger partial charge in [-0.25, -0.2) is 26.7 Å². The van der Waals surface area contributed by atoms with E-state index in [1.54, 1.807) is 60.7 Å². The third-order valence-electron chi connectivity index (χ3n) is 4.91. The second kappa shape index (κ2) is 10.3. The molecule has 0 aromatic heterocycles. The molecule has 0 saturated heterocycles. The van der Waals surface area contributed by atoms with E-state index >= 15 is 0 Å². The van der Waals surface area contributed by atoms with Crippen LogP contribution in [0.1, 0.15) is 11.1 Å². The van der Waals surface area contributed by atoms with Crippen LogP contribution in [0.2, 0.25) is 0 Å². The Morgan fingerprint density at radius 1 is 1.00 bits per heavy atom. The van der Waals surface area contributed by atoms with Gasteiger partial charge in [0.1, 0.15) is 18.2 Å². The zero-order chi connectivity index (χ0) is 24.9. The summed E-state index contributed by atoms with van der Waals surface area (Å²) in [5.41, 5.74) is 8.00. The Bertz CT molecular complexity index is 1390. The number of amidine groups is 1. The monoisotopic (exact) mass is 502 g/mol. The number of nitrogen functional groups attached to an aromatic ring is 1. The van der Waals surface area contributed by atoms with Crippen LogP contribution in [0, 0.1) is 5.41 Å². The van der Waals surface area contributed by atoms with Crippen molar-refractivity contribution in [1.82, 2.24) is 4.72 Å². The molecule has 0 radical (unpaired) electrons. The largest absolute Gasteiger partial charge is 0.492 e. The van der Waals surface area contributed by atoms with Crippen molar-refractivity contribution in [1.29, 1.82) is 5.41 Å². The molecule has 0 bridgehead atoms. The van der Waals surface area contributed by atoms with Crippen LogP contribution in [0.5, 0.6) is 5.75 Å². The molecule has 0 heterocycles. The number of nitrogens with two attached hydrogens (primary N) is 2. The molecule has 1 unspecified atom stereocenters. The molecule has 0 fully saturated rings. The molecule has 180 valence electrons. The second-order valence-electron chi connectivity index (χ2n) is 7.78. The predicted molar refractivity (Wildman–Crippen MR) is 132 cm³/mol. The Balaban J connectivity index is 1.76. The molecule has 3 aromatic carbocycles. The van der Waals surface area contributed by atoms with Crippen LogP contribution in [0.4, 0.5) is 0 Å². The van der Waals surface area contributed by atoms with Crippen molar-refractivity contribution in [3.63, 3.8) is 0 Å². The lowest BCUT2D eigenvalue weighted by Gasteiger charge is -2.19. The van der Waals surface area contributed by atoms with Gasteiger partial charge in [-0.3, -0.25) is 5.41 Å². The number of nitrogens with one attached hydrogen (secondary N) is 2. The van der Waals surface area contributed by atoms with Gasteiger partial charge >= 0.3 is 0 Å². The van der Waals surface area contributed by atoms with Gasteiger partial charge in [0, 0.05) is 11.1 Å². The predicted octanol–water partition coefficient (Wildman–Crippen LogP) is 1.82.